The first kappa shape index (κ1) is 14.0. The minimum Gasteiger partial charge on any atom is -0.391 e. The van der Waals surface area contributed by atoms with Crippen molar-refractivity contribution in [3.8, 4) is 0 Å². The molecule has 0 aromatic rings. The molecule has 0 aromatic heterocycles. The van der Waals surface area contributed by atoms with E-state index in [0.29, 0.717) is 13.1 Å². The zero-order valence-corrected chi connectivity index (χ0v) is 9.62. The van der Waals surface area contributed by atoms with Crippen molar-refractivity contribution < 1.29 is 9.90 Å². The summed E-state index contributed by atoms with van der Waals surface area (Å²) >= 11 is 0. The minimum atomic E-state index is -0.434. The van der Waals surface area contributed by atoms with Gasteiger partial charge in [0.05, 0.1) is 6.10 Å². The summed E-state index contributed by atoms with van der Waals surface area (Å²) in [5.41, 5.74) is 0. The molecule has 3 N–H and O–H groups in total. The number of rotatable bonds is 7. The fraction of sp³-hybridized carbons (Fsp3) is 0.727. The number of amides is 2. The van der Waals surface area contributed by atoms with E-state index < -0.39 is 6.10 Å². The van der Waals surface area contributed by atoms with Crippen LogP contribution in [0.15, 0.2) is 12.2 Å². The standard InChI is InChI=1S/C11H22N2O2/c1-3-5-6-8-12-11(15)13-9-10(14)7-4-2/h3,5,10,14H,4,6-9H2,1-2H3,(H2,12,13,15). The predicted octanol–water partition coefficient (Wildman–Crippen LogP) is 1.41. The summed E-state index contributed by atoms with van der Waals surface area (Å²) in [6, 6.07) is -0.213. The number of aliphatic hydroxyl groups excluding tert-OH is 1. The topological polar surface area (TPSA) is 61.4 Å². The summed E-state index contributed by atoms with van der Waals surface area (Å²) in [4.78, 5) is 11.2. The van der Waals surface area contributed by atoms with Gasteiger partial charge in [0.15, 0.2) is 0 Å². The molecule has 0 aromatic carbocycles. The number of carbonyl (C=O) groups is 1. The Bertz CT molecular complexity index is 193. The second-order valence-electron chi connectivity index (χ2n) is 3.44. The van der Waals surface area contributed by atoms with Crippen LogP contribution in [-0.2, 0) is 0 Å². The molecule has 0 bridgehead atoms. The summed E-state index contributed by atoms with van der Waals surface area (Å²) < 4.78 is 0. The molecule has 4 nitrogen and oxygen atoms in total. The number of urea groups is 1. The highest BCUT2D eigenvalue weighted by atomic mass is 16.3. The van der Waals surface area contributed by atoms with Crippen molar-refractivity contribution >= 4 is 6.03 Å². The van der Waals surface area contributed by atoms with E-state index in [1.807, 2.05) is 26.0 Å². The molecule has 15 heavy (non-hydrogen) atoms. The van der Waals surface area contributed by atoms with Crippen molar-refractivity contribution in [1.82, 2.24) is 10.6 Å². The Hall–Kier alpha value is -1.03. The molecule has 0 aliphatic rings. The van der Waals surface area contributed by atoms with Crippen LogP contribution in [0.3, 0.4) is 0 Å². The highest BCUT2D eigenvalue weighted by molar-refractivity contribution is 5.73. The SMILES string of the molecule is CC=CCCNC(=O)NCC(O)CCC. The first-order valence-corrected chi connectivity index (χ1v) is 5.51. The van der Waals surface area contributed by atoms with E-state index in [4.69, 9.17) is 0 Å². The number of allylic oxidation sites excluding steroid dienone is 1. The van der Waals surface area contributed by atoms with Gasteiger partial charge in [0.2, 0.25) is 0 Å². The Balaban J connectivity index is 3.40. The van der Waals surface area contributed by atoms with Gasteiger partial charge in [-0.25, -0.2) is 4.79 Å². The van der Waals surface area contributed by atoms with Crippen LogP contribution in [0.5, 0.6) is 0 Å². The van der Waals surface area contributed by atoms with Crippen molar-refractivity contribution in [3.63, 3.8) is 0 Å². The van der Waals surface area contributed by atoms with Crippen LogP contribution in [0, 0.1) is 0 Å². The highest BCUT2D eigenvalue weighted by Crippen LogP contribution is 1.93. The molecule has 0 rings (SSSR count). The first-order chi connectivity index (χ1) is 7.20. The largest absolute Gasteiger partial charge is 0.391 e. The highest BCUT2D eigenvalue weighted by Gasteiger charge is 2.04. The fourth-order valence-electron chi connectivity index (χ4n) is 1.14. The molecular weight excluding hydrogens is 192 g/mol. The van der Waals surface area contributed by atoms with Gasteiger partial charge in [-0.3, -0.25) is 0 Å². The van der Waals surface area contributed by atoms with Gasteiger partial charge in [-0.2, -0.15) is 0 Å². The Kier molecular flexibility index (Phi) is 8.87. The summed E-state index contributed by atoms with van der Waals surface area (Å²) in [6.45, 7) is 4.89. The van der Waals surface area contributed by atoms with Gasteiger partial charge >= 0.3 is 6.03 Å². The lowest BCUT2D eigenvalue weighted by molar-refractivity contribution is 0.160. The monoisotopic (exact) mass is 214 g/mol. The van der Waals surface area contributed by atoms with Crippen LogP contribution < -0.4 is 10.6 Å². The van der Waals surface area contributed by atoms with Gasteiger partial charge in [0, 0.05) is 13.1 Å². The van der Waals surface area contributed by atoms with Crippen LogP contribution in [-0.4, -0.2) is 30.3 Å². The molecule has 0 saturated heterocycles. The van der Waals surface area contributed by atoms with Crippen LogP contribution in [0.4, 0.5) is 4.79 Å². The van der Waals surface area contributed by atoms with Crippen molar-refractivity contribution in [2.24, 2.45) is 0 Å². The molecule has 0 radical (unpaired) electrons. The van der Waals surface area contributed by atoms with Gasteiger partial charge < -0.3 is 15.7 Å². The molecule has 2 amide bonds. The molecule has 1 unspecified atom stereocenters. The molecule has 0 saturated carbocycles. The van der Waals surface area contributed by atoms with Gasteiger partial charge in [-0.1, -0.05) is 25.5 Å². The Morgan fingerprint density at radius 1 is 1.47 bits per heavy atom. The maximum absolute atomic E-state index is 11.2. The maximum atomic E-state index is 11.2. The van der Waals surface area contributed by atoms with Gasteiger partial charge in [-0.15, -0.1) is 0 Å². The average Bonchev–Trinajstić information content (AvgIpc) is 2.22. The number of hydrogen-bond acceptors (Lipinski definition) is 2. The number of carbonyl (C=O) groups excluding carboxylic acids is 1. The quantitative estimate of drug-likeness (QED) is 0.443. The van der Waals surface area contributed by atoms with E-state index >= 15 is 0 Å². The second-order valence-corrected chi connectivity index (χ2v) is 3.44. The van der Waals surface area contributed by atoms with Gasteiger partial charge in [0.1, 0.15) is 0 Å². The van der Waals surface area contributed by atoms with Crippen molar-refractivity contribution in [2.45, 2.75) is 39.2 Å². The summed E-state index contributed by atoms with van der Waals surface area (Å²) in [7, 11) is 0. The van der Waals surface area contributed by atoms with E-state index in [9.17, 15) is 9.90 Å². The summed E-state index contributed by atoms with van der Waals surface area (Å²) in [6.07, 6.45) is 5.99. The lowest BCUT2D eigenvalue weighted by Gasteiger charge is -2.11. The van der Waals surface area contributed by atoms with E-state index in [0.717, 1.165) is 19.3 Å². The smallest absolute Gasteiger partial charge is 0.314 e. The Labute approximate surface area is 91.8 Å². The normalized spacial score (nSPS) is 12.7. The van der Waals surface area contributed by atoms with Crippen LogP contribution in [0.25, 0.3) is 0 Å². The minimum absolute atomic E-state index is 0.213. The van der Waals surface area contributed by atoms with Crippen LogP contribution >= 0.6 is 0 Å². The van der Waals surface area contributed by atoms with Crippen molar-refractivity contribution in [2.75, 3.05) is 13.1 Å². The molecule has 0 spiro atoms. The molecule has 0 fully saturated rings. The molecule has 0 aliphatic heterocycles. The maximum Gasteiger partial charge on any atom is 0.314 e. The average molecular weight is 214 g/mol. The van der Waals surface area contributed by atoms with Gasteiger partial charge in [0.25, 0.3) is 0 Å². The van der Waals surface area contributed by atoms with E-state index in [2.05, 4.69) is 10.6 Å². The number of hydrogen-bond donors (Lipinski definition) is 3. The van der Waals surface area contributed by atoms with E-state index in [1.165, 1.54) is 0 Å². The number of aliphatic hydroxyl groups is 1. The van der Waals surface area contributed by atoms with E-state index in [-0.39, 0.29) is 6.03 Å². The Morgan fingerprint density at radius 2 is 2.20 bits per heavy atom. The van der Waals surface area contributed by atoms with Crippen LogP contribution in [0.1, 0.15) is 33.1 Å². The predicted molar refractivity (Wildman–Crippen MR) is 61.7 cm³/mol. The summed E-state index contributed by atoms with van der Waals surface area (Å²) in [5.74, 6) is 0. The Morgan fingerprint density at radius 3 is 2.80 bits per heavy atom. The number of nitrogens with one attached hydrogen (secondary N) is 2. The zero-order valence-electron chi connectivity index (χ0n) is 9.62. The van der Waals surface area contributed by atoms with Gasteiger partial charge in [-0.05, 0) is 19.8 Å². The fourth-order valence-corrected chi connectivity index (χ4v) is 1.14. The summed E-state index contributed by atoms with van der Waals surface area (Å²) in [5, 5.41) is 14.7. The van der Waals surface area contributed by atoms with Crippen molar-refractivity contribution in [3.05, 3.63) is 12.2 Å². The van der Waals surface area contributed by atoms with E-state index in [1.54, 1.807) is 0 Å². The third-order valence-corrected chi connectivity index (χ3v) is 1.95. The molecule has 88 valence electrons. The molecule has 0 heterocycles. The molecule has 1 atom stereocenters. The molecule has 4 heteroatoms. The second kappa shape index (κ2) is 9.52. The first-order valence-electron chi connectivity index (χ1n) is 5.51. The molecular formula is C11H22N2O2. The molecule has 0 aliphatic carbocycles. The third kappa shape index (κ3) is 9.28. The zero-order chi connectivity index (χ0) is 11.5. The van der Waals surface area contributed by atoms with Crippen molar-refractivity contribution in [1.29, 1.82) is 0 Å². The lowest BCUT2D eigenvalue weighted by atomic mass is 10.2. The lowest BCUT2D eigenvalue weighted by Crippen LogP contribution is -2.39. The van der Waals surface area contributed by atoms with Crippen LogP contribution in [0.2, 0.25) is 0 Å². The third-order valence-electron chi connectivity index (χ3n) is 1.95.